The normalized spacial score (nSPS) is 33.2. The minimum Gasteiger partial charge on any atom is -0.374 e. The first-order valence-electron chi connectivity index (χ1n) is 19.7. The predicted molar refractivity (Wildman–Crippen MR) is 211 cm³/mol. The smallest absolute Gasteiger partial charge is 0.178 e. The molecule has 6 rings (SSSR count). The van der Waals surface area contributed by atoms with Gasteiger partial charge in [-0.05, 0) is 95.9 Å². The summed E-state index contributed by atoms with van der Waals surface area (Å²) in [6.07, 6.45) is 9.08. The van der Waals surface area contributed by atoms with Gasteiger partial charge in [-0.25, -0.2) is 16.8 Å². The van der Waals surface area contributed by atoms with Crippen LogP contribution >= 0.6 is 0 Å². The van der Waals surface area contributed by atoms with Crippen molar-refractivity contribution in [2.75, 3.05) is 11.5 Å². The van der Waals surface area contributed by atoms with Crippen LogP contribution in [0.5, 0.6) is 0 Å². The molecule has 4 heterocycles. The summed E-state index contributed by atoms with van der Waals surface area (Å²) >= 11 is 0. The minimum atomic E-state index is -3.42. The lowest BCUT2D eigenvalue weighted by atomic mass is 9.87. The zero-order valence-electron chi connectivity index (χ0n) is 33.0. The van der Waals surface area contributed by atoms with Crippen LogP contribution in [0.1, 0.15) is 92.9 Å². The highest BCUT2D eigenvalue weighted by molar-refractivity contribution is 7.91. The lowest BCUT2D eigenvalue weighted by Gasteiger charge is -2.23. The van der Waals surface area contributed by atoms with Crippen LogP contribution < -0.4 is 0 Å². The van der Waals surface area contributed by atoms with Crippen LogP contribution in [0.15, 0.2) is 83.1 Å². The van der Waals surface area contributed by atoms with Gasteiger partial charge in [-0.15, -0.1) is 6.58 Å². The van der Waals surface area contributed by atoms with Gasteiger partial charge < -0.3 is 23.7 Å². The Morgan fingerprint density at radius 3 is 1.37 bits per heavy atom. The van der Waals surface area contributed by atoms with Gasteiger partial charge in [-0.3, -0.25) is 0 Å². The van der Waals surface area contributed by atoms with E-state index >= 15 is 0 Å². The molecule has 11 heteroatoms. The SMILES string of the molecule is C=CC[C@@H]1O[C@H](C[C@H]2CCC(C)(C)O2)[C@H](C)[C@H]1CS(=O)(=O)c1ccccc1.C[C@@H]1[C@@H](CS(=O)(=O)c2ccccc2)[C@H](CC=O)O[C@@H]1C[C@H]1CCC(C)(C)O1. The zero-order valence-corrected chi connectivity index (χ0v) is 34.6. The second-order valence-electron chi connectivity index (χ2n) is 17.1. The lowest BCUT2D eigenvalue weighted by molar-refractivity contribution is -0.111. The fourth-order valence-corrected chi connectivity index (χ4v) is 12.4. The molecule has 0 aromatic heterocycles. The Bertz CT molecular complexity index is 1610. The van der Waals surface area contributed by atoms with Crippen LogP contribution in [0.25, 0.3) is 0 Å². The van der Waals surface area contributed by atoms with Crippen LogP contribution in [0.4, 0.5) is 0 Å². The van der Waals surface area contributed by atoms with Crippen LogP contribution in [0, 0.1) is 23.7 Å². The predicted octanol–water partition coefficient (Wildman–Crippen LogP) is 7.82. The number of sulfone groups is 2. The van der Waals surface area contributed by atoms with Crippen molar-refractivity contribution in [2.45, 2.75) is 151 Å². The number of rotatable bonds is 14. The summed E-state index contributed by atoms with van der Waals surface area (Å²) in [6.45, 7) is 16.4. The molecule has 0 saturated carbocycles. The summed E-state index contributed by atoms with van der Waals surface area (Å²) in [6, 6.07) is 17.2. The van der Waals surface area contributed by atoms with Crippen LogP contribution in [-0.2, 0) is 43.4 Å². The summed E-state index contributed by atoms with van der Waals surface area (Å²) in [4.78, 5) is 11.8. The molecule has 0 radical (unpaired) electrons. The van der Waals surface area contributed by atoms with Crippen LogP contribution in [-0.4, -0.2) is 82.5 Å². The average Bonchev–Trinajstić information content (AvgIpc) is 3.82. The summed E-state index contributed by atoms with van der Waals surface area (Å²) in [5.74, 6) is 0.114. The minimum absolute atomic E-state index is 0.00417. The molecule has 4 aliphatic heterocycles. The van der Waals surface area contributed by atoms with Crippen molar-refractivity contribution in [1.29, 1.82) is 0 Å². The largest absolute Gasteiger partial charge is 0.374 e. The molecule has 2 aromatic rings. The van der Waals surface area contributed by atoms with Gasteiger partial charge in [0.15, 0.2) is 19.7 Å². The molecule has 10 atom stereocenters. The van der Waals surface area contributed by atoms with E-state index in [0.717, 1.165) is 44.8 Å². The van der Waals surface area contributed by atoms with Gasteiger partial charge in [0, 0.05) is 31.1 Å². The van der Waals surface area contributed by atoms with E-state index in [4.69, 9.17) is 18.9 Å². The van der Waals surface area contributed by atoms with E-state index in [1.807, 2.05) is 19.1 Å². The first-order chi connectivity index (χ1) is 25.4. The van der Waals surface area contributed by atoms with E-state index in [-0.39, 0.29) is 89.4 Å². The van der Waals surface area contributed by atoms with Gasteiger partial charge in [0.2, 0.25) is 0 Å². The number of benzene rings is 2. The summed E-state index contributed by atoms with van der Waals surface area (Å²) in [7, 11) is -6.77. The molecular weight excluding hydrogens is 725 g/mol. The number of aldehydes is 1. The highest BCUT2D eigenvalue weighted by Gasteiger charge is 2.47. The van der Waals surface area contributed by atoms with Crippen molar-refractivity contribution in [3.63, 3.8) is 0 Å². The maximum atomic E-state index is 12.9. The number of carbonyl (C=O) groups excluding carboxylic acids is 1. The third-order valence-corrected chi connectivity index (χ3v) is 15.7. The molecule has 0 aliphatic carbocycles. The van der Waals surface area contributed by atoms with E-state index in [1.54, 1.807) is 54.6 Å². The number of ether oxygens (including phenoxy) is 4. The molecule has 300 valence electrons. The standard InChI is InChI=1S/C22H32O4S.C21H30O5S/c1-5-9-20-19(15-27(23,24)18-10-7-6-8-11-18)16(2)21(25-20)14-17-12-13-22(3,4)26-17;1-15-18(14-27(23,24)17-7-5-4-6-8-17)19(10-12-22)25-20(15)13-16-9-11-21(2,3)26-16/h5-8,10-11,16-17,19-21H,1,9,12-15H2,2-4H3;4-8,12,15-16,18-20H,9-11,13-14H2,1-3H3/t16-,17-,19-,20+,21-;15-,16-,18-,19+,20-/m11/s1. The average molecular weight is 787 g/mol. The lowest BCUT2D eigenvalue weighted by Crippen LogP contribution is -2.29. The van der Waals surface area contributed by atoms with E-state index in [1.165, 1.54) is 0 Å². The van der Waals surface area contributed by atoms with Crippen LogP contribution in [0.3, 0.4) is 0 Å². The molecule has 0 amide bonds. The molecule has 0 spiro atoms. The van der Waals surface area contributed by atoms with Gasteiger partial charge in [0.25, 0.3) is 0 Å². The fraction of sp³-hybridized carbons (Fsp3) is 0.651. The molecule has 0 unspecified atom stereocenters. The molecule has 2 aromatic carbocycles. The maximum absolute atomic E-state index is 12.9. The molecule has 54 heavy (non-hydrogen) atoms. The highest BCUT2D eigenvalue weighted by Crippen LogP contribution is 2.42. The Morgan fingerprint density at radius 2 is 1.04 bits per heavy atom. The second kappa shape index (κ2) is 17.8. The molecule has 0 bridgehead atoms. The van der Waals surface area contributed by atoms with Crippen molar-refractivity contribution in [3.8, 4) is 0 Å². The van der Waals surface area contributed by atoms with E-state index in [0.29, 0.717) is 16.2 Å². The Labute approximate surface area is 324 Å². The first-order valence-corrected chi connectivity index (χ1v) is 23.0. The number of carbonyl (C=O) groups is 1. The molecular formula is C43H62O9S2. The second-order valence-corrected chi connectivity index (χ2v) is 21.2. The number of hydrogen-bond donors (Lipinski definition) is 0. The fourth-order valence-electron chi connectivity index (χ4n) is 8.87. The van der Waals surface area contributed by atoms with E-state index in [9.17, 15) is 21.6 Å². The molecule has 4 saturated heterocycles. The van der Waals surface area contributed by atoms with Crippen molar-refractivity contribution in [3.05, 3.63) is 73.3 Å². The first kappa shape index (κ1) is 42.7. The Kier molecular flexibility index (Phi) is 14.1. The van der Waals surface area contributed by atoms with Gasteiger partial charge in [-0.1, -0.05) is 56.3 Å². The summed E-state index contributed by atoms with van der Waals surface area (Å²) in [5.41, 5.74) is -0.173. The number of hydrogen-bond acceptors (Lipinski definition) is 9. The van der Waals surface area contributed by atoms with Gasteiger partial charge in [0.1, 0.15) is 6.29 Å². The molecule has 4 fully saturated rings. The highest BCUT2D eigenvalue weighted by atomic mass is 32.2. The Balaban J connectivity index is 0.000000208. The van der Waals surface area contributed by atoms with Gasteiger partial charge >= 0.3 is 0 Å². The summed E-state index contributed by atoms with van der Waals surface area (Å²) in [5, 5.41) is 0. The van der Waals surface area contributed by atoms with Crippen molar-refractivity contribution in [1.82, 2.24) is 0 Å². The molecule has 9 nitrogen and oxygen atoms in total. The Morgan fingerprint density at radius 1 is 0.648 bits per heavy atom. The van der Waals surface area contributed by atoms with E-state index in [2.05, 4.69) is 41.2 Å². The third kappa shape index (κ3) is 10.9. The third-order valence-electron chi connectivity index (χ3n) is 12.0. The quantitative estimate of drug-likeness (QED) is 0.139. The van der Waals surface area contributed by atoms with Crippen molar-refractivity contribution >= 4 is 26.0 Å². The molecule has 0 N–H and O–H groups in total. The Hall–Kier alpha value is -2.41. The van der Waals surface area contributed by atoms with Gasteiger partial charge in [-0.2, -0.15) is 0 Å². The van der Waals surface area contributed by atoms with E-state index < -0.39 is 19.7 Å². The van der Waals surface area contributed by atoms with Crippen molar-refractivity contribution < 1.29 is 40.6 Å². The zero-order chi connectivity index (χ0) is 39.3. The molecule has 4 aliphatic rings. The van der Waals surface area contributed by atoms with Crippen molar-refractivity contribution in [2.24, 2.45) is 23.7 Å². The topological polar surface area (TPSA) is 122 Å². The maximum Gasteiger partial charge on any atom is 0.178 e. The monoisotopic (exact) mass is 786 g/mol. The summed E-state index contributed by atoms with van der Waals surface area (Å²) < 4.78 is 76.2. The van der Waals surface area contributed by atoms with Gasteiger partial charge in [0.05, 0.1) is 69.1 Å². The van der Waals surface area contributed by atoms with Crippen LogP contribution in [0.2, 0.25) is 0 Å².